The number of carboxylic acid groups (broad SMARTS) is 1. The first kappa shape index (κ1) is 16.8. The van der Waals surface area contributed by atoms with Crippen LogP contribution in [0.1, 0.15) is 0 Å². The molecule has 7 heteroatoms. The molecule has 0 saturated carbocycles. The number of halogens is 3. The van der Waals surface area contributed by atoms with Gasteiger partial charge in [0.05, 0.1) is 0 Å². The second kappa shape index (κ2) is 6.22. The van der Waals surface area contributed by atoms with Crippen LogP contribution in [0.25, 0.3) is 0 Å². The molecule has 0 aliphatic rings. The first-order valence-electron chi connectivity index (χ1n) is 1.24. The van der Waals surface area contributed by atoms with Gasteiger partial charge in [-0.25, -0.2) is 4.79 Å². The fourth-order valence-electron chi connectivity index (χ4n) is 0. The Morgan fingerprint density at radius 3 is 1.44 bits per heavy atom. The Morgan fingerprint density at radius 2 is 1.44 bits per heavy atom. The van der Waals surface area contributed by atoms with Crippen LogP contribution in [-0.2, 0) is 4.79 Å². The molecule has 0 aromatic carbocycles. The minimum Gasteiger partial charge on any atom is -0.478 e. The van der Waals surface area contributed by atoms with Gasteiger partial charge < -0.3 is 10.6 Å². The maximum Gasteiger partial charge on any atom is 0.356 e. The smallest absolute Gasteiger partial charge is 0.356 e. The molecule has 3 N–H and O–H groups in total. The van der Waals surface area contributed by atoms with E-state index >= 15 is 0 Å². The van der Waals surface area contributed by atoms with Gasteiger partial charge in [-0.15, -0.1) is 0 Å². The van der Waals surface area contributed by atoms with E-state index in [9.17, 15) is 4.79 Å². The van der Waals surface area contributed by atoms with Crippen molar-refractivity contribution >= 4 is 40.8 Å². The molecule has 0 aliphatic heterocycles. The van der Waals surface area contributed by atoms with Crippen LogP contribution < -0.4 is 0 Å². The molecule has 0 atom stereocenters. The van der Waals surface area contributed by atoms with Crippen molar-refractivity contribution in [3.05, 3.63) is 0 Å². The van der Waals surface area contributed by atoms with E-state index < -0.39 is 9.76 Å². The number of aliphatic carboxylic acids is 1. The Morgan fingerprint density at radius 1 is 1.33 bits per heavy atom. The third-order valence-electron chi connectivity index (χ3n) is 0.243. The SMILES string of the molecule is O.O=C(O)C(Cl)(Cl)Cl.[La]. The van der Waals surface area contributed by atoms with E-state index in [2.05, 4.69) is 0 Å². The largest absolute Gasteiger partial charge is 0.478 e. The number of alkyl halides is 3. The molecule has 3 nitrogen and oxygen atoms in total. The van der Waals surface area contributed by atoms with Gasteiger partial charge in [0.2, 0.25) is 0 Å². The first-order chi connectivity index (χ1) is 2.94. The second-order valence-electron chi connectivity index (χ2n) is 0.803. The molecule has 0 saturated heterocycles. The number of hydrogen-bond acceptors (Lipinski definition) is 1. The fraction of sp³-hybridized carbons (Fsp3) is 0.500. The molecule has 0 aliphatic carbocycles. The Bertz CT molecular complexity index is 89.5. The predicted molar refractivity (Wildman–Crippen MR) is 31.5 cm³/mol. The standard InChI is InChI=1S/C2HCl3O2.La.H2O/c3-2(4,5)1(6)7;;/h(H,6,7);;1H2. The minimum absolute atomic E-state index is 0. The van der Waals surface area contributed by atoms with Crippen LogP contribution in [0.15, 0.2) is 0 Å². The first-order valence-corrected chi connectivity index (χ1v) is 2.38. The molecule has 0 aromatic heterocycles. The summed E-state index contributed by atoms with van der Waals surface area (Å²) in [6.45, 7) is 0. The van der Waals surface area contributed by atoms with Crippen molar-refractivity contribution in [2.75, 3.05) is 0 Å². The fourth-order valence-corrected chi connectivity index (χ4v) is 0. The van der Waals surface area contributed by atoms with Crippen molar-refractivity contribution in [1.82, 2.24) is 0 Å². The summed E-state index contributed by atoms with van der Waals surface area (Å²) in [7, 11) is 0. The predicted octanol–water partition coefficient (Wildman–Crippen LogP) is 0.616. The molecule has 0 aromatic rings. The Kier molecular flexibility index (Phi) is 11.6. The van der Waals surface area contributed by atoms with Crippen molar-refractivity contribution in [2.45, 2.75) is 3.79 Å². The average Bonchev–Trinajstić information content (AvgIpc) is 1.31. The Balaban J connectivity index is -0.000000180. The monoisotopic (exact) mass is 319 g/mol. The summed E-state index contributed by atoms with van der Waals surface area (Å²) < 4.78 is -2.17. The van der Waals surface area contributed by atoms with Gasteiger partial charge in [-0.1, -0.05) is 34.8 Å². The molecule has 53 valence electrons. The minimum atomic E-state index is -2.17. The third kappa shape index (κ3) is 9.49. The second-order valence-corrected chi connectivity index (χ2v) is 3.08. The van der Waals surface area contributed by atoms with E-state index in [1.165, 1.54) is 0 Å². The zero-order valence-electron chi connectivity index (χ0n) is 4.07. The van der Waals surface area contributed by atoms with E-state index in [1.54, 1.807) is 0 Å². The Labute approximate surface area is 94.6 Å². The van der Waals surface area contributed by atoms with Crippen LogP contribution >= 0.6 is 34.8 Å². The molecule has 0 heterocycles. The van der Waals surface area contributed by atoms with Gasteiger partial charge in [0.1, 0.15) is 0 Å². The van der Waals surface area contributed by atoms with Gasteiger partial charge in [-0.3, -0.25) is 0 Å². The molecule has 0 rings (SSSR count). The molecule has 9 heavy (non-hydrogen) atoms. The molecular weight excluding hydrogens is 317 g/mol. The van der Waals surface area contributed by atoms with E-state index in [0.717, 1.165) is 0 Å². The number of carboxylic acids is 1. The van der Waals surface area contributed by atoms with Gasteiger partial charge in [-0.2, -0.15) is 0 Å². The van der Waals surface area contributed by atoms with Gasteiger partial charge in [-0.05, 0) is 0 Å². The third-order valence-corrected chi connectivity index (χ3v) is 0.728. The van der Waals surface area contributed by atoms with Gasteiger partial charge >= 0.3 is 5.97 Å². The van der Waals surface area contributed by atoms with E-state index in [1.807, 2.05) is 0 Å². The van der Waals surface area contributed by atoms with Crippen LogP contribution in [0, 0.1) is 35.6 Å². The topological polar surface area (TPSA) is 68.8 Å². The van der Waals surface area contributed by atoms with E-state index in [0.29, 0.717) is 0 Å². The van der Waals surface area contributed by atoms with Crippen molar-refractivity contribution in [1.29, 1.82) is 0 Å². The van der Waals surface area contributed by atoms with Crippen molar-refractivity contribution in [3.63, 3.8) is 0 Å². The zero-order chi connectivity index (χ0) is 6.08. The van der Waals surface area contributed by atoms with E-state index in [4.69, 9.17) is 39.9 Å². The van der Waals surface area contributed by atoms with Crippen LogP contribution in [0.4, 0.5) is 0 Å². The zero-order valence-corrected chi connectivity index (χ0v) is 9.96. The summed E-state index contributed by atoms with van der Waals surface area (Å²) in [6.07, 6.45) is 0. The quantitative estimate of drug-likeness (QED) is 0.665. The number of rotatable bonds is 0. The summed E-state index contributed by atoms with van der Waals surface area (Å²) in [5.74, 6) is -1.46. The van der Waals surface area contributed by atoms with Crippen molar-refractivity contribution < 1.29 is 51.0 Å². The van der Waals surface area contributed by atoms with Crippen LogP contribution in [0.2, 0.25) is 0 Å². The molecule has 0 spiro atoms. The summed E-state index contributed by atoms with van der Waals surface area (Å²) >= 11 is 14.4. The average molecular weight is 320 g/mol. The molecule has 0 unspecified atom stereocenters. The summed E-state index contributed by atoms with van der Waals surface area (Å²) in [5, 5.41) is 7.85. The number of carbonyl (C=O) groups is 1. The maximum atomic E-state index is 9.62. The van der Waals surface area contributed by atoms with E-state index in [-0.39, 0.29) is 41.1 Å². The summed E-state index contributed by atoms with van der Waals surface area (Å²) in [4.78, 5) is 9.62. The van der Waals surface area contributed by atoms with Gasteiger partial charge in [0, 0.05) is 35.6 Å². The maximum absolute atomic E-state index is 9.62. The molecular formula is C2H3Cl3LaO3. The number of hydrogen-bond donors (Lipinski definition) is 1. The van der Waals surface area contributed by atoms with Crippen molar-refractivity contribution in [2.24, 2.45) is 0 Å². The van der Waals surface area contributed by atoms with Crippen LogP contribution in [-0.4, -0.2) is 20.3 Å². The van der Waals surface area contributed by atoms with Crippen LogP contribution in [0.5, 0.6) is 0 Å². The molecule has 1 radical (unpaired) electrons. The Hall–Kier alpha value is 1.49. The van der Waals surface area contributed by atoms with Crippen LogP contribution in [0.3, 0.4) is 0 Å². The van der Waals surface area contributed by atoms with Gasteiger partial charge in [0.25, 0.3) is 3.79 Å². The van der Waals surface area contributed by atoms with Crippen molar-refractivity contribution in [3.8, 4) is 0 Å². The molecule has 0 amide bonds. The van der Waals surface area contributed by atoms with Gasteiger partial charge in [0.15, 0.2) is 0 Å². The normalized spacial score (nSPS) is 8.78. The summed E-state index contributed by atoms with van der Waals surface area (Å²) in [5.41, 5.74) is 0. The summed E-state index contributed by atoms with van der Waals surface area (Å²) in [6, 6.07) is 0. The molecule has 0 fully saturated rings. The molecule has 0 bridgehead atoms.